The van der Waals surface area contributed by atoms with Crippen molar-refractivity contribution in [3.63, 3.8) is 0 Å². The van der Waals surface area contributed by atoms with Crippen molar-refractivity contribution in [1.29, 1.82) is 0 Å². The summed E-state index contributed by atoms with van der Waals surface area (Å²) in [6, 6.07) is 1.19. The molecule has 1 aliphatic rings. The van der Waals surface area contributed by atoms with Crippen molar-refractivity contribution in [2.75, 3.05) is 13.1 Å². The van der Waals surface area contributed by atoms with Crippen LogP contribution in [0, 0.1) is 0 Å². The highest BCUT2D eigenvalue weighted by atomic mass is 15.4. The first-order valence-corrected chi connectivity index (χ1v) is 4.52. The van der Waals surface area contributed by atoms with Gasteiger partial charge in [-0.05, 0) is 12.8 Å². The monoisotopic (exact) mass is 157 g/mol. The molecule has 3 heteroatoms. The zero-order chi connectivity index (χ0) is 8.27. The molecule has 2 unspecified atom stereocenters. The second-order valence-corrected chi connectivity index (χ2v) is 3.33. The minimum Gasteiger partial charge on any atom is -0.309 e. The lowest BCUT2D eigenvalue weighted by Gasteiger charge is -2.35. The van der Waals surface area contributed by atoms with Gasteiger partial charge in [0.1, 0.15) is 0 Å². The Morgan fingerprint density at radius 3 is 2.09 bits per heavy atom. The molecule has 0 amide bonds. The van der Waals surface area contributed by atoms with Crippen LogP contribution in [0.5, 0.6) is 0 Å². The average Bonchev–Trinajstić information content (AvgIpc) is 2.03. The fourth-order valence-corrected chi connectivity index (χ4v) is 1.57. The largest absolute Gasteiger partial charge is 0.309 e. The Kier molecular flexibility index (Phi) is 3.30. The third-order valence-electron chi connectivity index (χ3n) is 2.37. The SMILES string of the molecule is CCC1CN(N)CC(CC)N1. The normalized spacial score (nSPS) is 34.1. The molecule has 0 saturated carbocycles. The van der Waals surface area contributed by atoms with Gasteiger partial charge in [0.15, 0.2) is 0 Å². The van der Waals surface area contributed by atoms with E-state index in [9.17, 15) is 0 Å². The van der Waals surface area contributed by atoms with E-state index in [1.807, 2.05) is 5.01 Å². The molecule has 11 heavy (non-hydrogen) atoms. The van der Waals surface area contributed by atoms with E-state index in [2.05, 4.69) is 19.2 Å². The van der Waals surface area contributed by atoms with Crippen molar-refractivity contribution < 1.29 is 0 Å². The van der Waals surface area contributed by atoms with E-state index in [0.29, 0.717) is 12.1 Å². The fraction of sp³-hybridized carbons (Fsp3) is 1.00. The van der Waals surface area contributed by atoms with Crippen LogP contribution in [-0.4, -0.2) is 30.2 Å². The highest BCUT2D eigenvalue weighted by Gasteiger charge is 2.21. The summed E-state index contributed by atoms with van der Waals surface area (Å²) in [6.07, 6.45) is 2.34. The van der Waals surface area contributed by atoms with Crippen molar-refractivity contribution in [2.45, 2.75) is 38.8 Å². The van der Waals surface area contributed by atoms with Gasteiger partial charge in [-0.25, -0.2) is 5.01 Å². The van der Waals surface area contributed by atoms with Gasteiger partial charge in [-0.1, -0.05) is 13.8 Å². The van der Waals surface area contributed by atoms with Crippen LogP contribution in [0.2, 0.25) is 0 Å². The number of hydrazine groups is 1. The maximum atomic E-state index is 5.76. The Bertz CT molecular complexity index is 104. The van der Waals surface area contributed by atoms with Gasteiger partial charge in [0, 0.05) is 25.2 Å². The summed E-state index contributed by atoms with van der Waals surface area (Å²) in [6.45, 7) is 6.38. The topological polar surface area (TPSA) is 41.3 Å². The average molecular weight is 157 g/mol. The third-order valence-corrected chi connectivity index (χ3v) is 2.37. The summed E-state index contributed by atoms with van der Waals surface area (Å²) < 4.78 is 0. The highest BCUT2D eigenvalue weighted by molar-refractivity contribution is 4.81. The van der Waals surface area contributed by atoms with E-state index in [-0.39, 0.29) is 0 Å². The molecule has 66 valence electrons. The molecule has 1 fully saturated rings. The summed E-state index contributed by atoms with van der Waals surface area (Å²) in [7, 11) is 0. The number of hydrogen-bond donors (Lipinski definition) is 2. The maximum Gasteiger partial charge on any atom is 0.0283 e. The van der Waals surface area contributed by atoms with Gasteiger partial charge in [0.25, 0.3) is 0 Å². The molecule has 3 N–H and O–H groups in total. The van der Waals surface area contributed by atoms with Crippen LogP contribution in [-0.2, 0) is 0 Å². The second-order valence-electron chi connectivity index (χ2n) is 3.33. The van der Waals surface area contributed by atoms with Crippen LogP contribution < -0.4 is 11.2 Å². The third kappa shape index (κ3) is 2.43. The van der Waals surface area contributed by atoms with E-state index in [0.717, 1.165) is 13.1 Å². The molecule has 0 aromatic carbocycles. The molecule has 0 bridgehead atoms. The van der Waals surface area contributed by atoms with Crippen molar-refractivity contribution in [1.82, 2.24) is 10.3 Å². The highest BCUT2D eigenvalue weighted by Crippen LogP contribution is 2.05. The van der Waals surface area contributed by atoms with Crippen LogP contribution in [0.1, 0.15) is 26.7 Å². The predicted octanol–water partition coefficient (Wildman–Crippen LogP) is 0.323. The van der Waals surface area contributed by atoms with Crippen LogP contribution in [0.4, 0.5) is 0 Å². The van der Waals surface area contributed by atoms with E-state index in [1.54, 1.807) is 0 Å². The van der Waals surface area contributed by atoms with E-state index in [4.69, 9.17) is 5.84 Å². The molecule has 3 nitrogen and oxygen atoms in total. The number of nitrogens with two attached hydrogens (primary N) is 1. The Balaban J connectivity index is 2.37. The van der Waals surface area contributed by atoms with Gasteiger partial charge >= 0.3 is 0 Å². The van der Waals surface area contributed by atoms with Crippen LogP contribution in [0.25, 0.3) is 0 Å². The van der Waals surface area contributed by atoms with Crippen molar-refractivity contribution in [3.8, 4) is 0 Å². The van der Waals surface area contributed by atoms with Gasteiger partial charge < -0.3 is 5.32 Å². The van der Waals surface area contributed by atoms with E-state index < -0.39 is 0 Å². The number of piperazine rings is 1. The molecule has 0 aromatic rings. The number of nitrogens with one attached hydrogen (secondary N) is 1. The lowest BCUT2D eigenvalue weighted by Crippen LogP contribution is -2.58. The van der Waals surface area contributed by atoms with E-state index in [1.165, 1.54) is 12.8 Å². The fourth-order valence-electron chi connectivity index (χ4n) is 1.57. The summed E-state index contributed by atoms with van der Waals surface area (Å²) in [5.41, 5.74) is 0. The molecule has 1 aliphatic heterocycles. The lowest BCUT2D eigenvalue weighted by atomic mass is 10.1. The molecule has 1 saturated heterocycles. The number of rotatable bonds is 2. The van der Waals surface area contributed by atoms with Crippen molar-refractivity contribution in [3.05, 3.63) is 0 Å². The van der Waals surface area contributed by atoms with Gasteiger partial charge in [0.2, 0.25) is 0 Å². The zero-order valence-electron chi connectivity index (χ0n) is 7.51. The molecule has 2 atom stereocenters. The van der Waals surface area contributed by atoms with Crippen LogP contribution in [0.15, 0.2) is 0 Å². The number of hydrogen-bond acceptors (Lipinski definition) is 3. The zero-order valence-corrected chi connectivity index (χ0v) is 7.51. The minimum atomic E-state index is 0.596. The smallest absolute Gasteiger partial charge is 0.0283 e. The van der Waals surface area contributed by atoms with Gasteiger partial charge in [-0.2, -0.15) is 0 Å². The Morgan fingerprint density at radius 2 is 1.73 bits per heavy atom. The second kappa shape index (κ2) is 4.04. The molecule has 1 heterocycles. The molecule has 0 spiro atoms. The summed E-state index contributed by atoms with van der Waals surface area (Å²) >= 11 is 0. The van der Waals surface area contributed by atoms with E-state index >= 15 is 0 Å². The summed E-state index contributed by atoms with van der Waals surface area (Å²) in [4.78, 5) is 0. The Morgan fingerprint density at radius 1 is 1.27 bits per heavy atom. The standard InChI is InChI=1S/C8H19N3/c1-3-7-5-11(9)6-8(4-2)10-7/h7-8,10H,3-6,9H2,1-2H3. The van der Waals surface area contributed by atoms with Crippen molar-refractivity contribution in [2.24, 2.45) is 5.84 Å². The Labute approximate surface area is 68.9 Å². The van der Waals surface area contributed by atoms with Crippen molar-refractivity contribution >= 4 is 0 Å². The first-order valence-electron chi connectivity index (χ1n) is 4.52. The predicted molar refractivity (Wildman–Crippen MR) is 47.1 cm³/mol. The van der Waals surface area contributed by atoms with Gasteiger partial charge in [-0.15, -0.1) is 0 Å². The molecule has 0 aromatic heterocycles. The van der Waals surface area contributed by atoms with Gasteiger partial charge in [0.05, 0.1) is 0 Å². The molecule has 0 radical (unpaired) electrons. The molecular formula is C8H19N3. The quantitative estimate of drug-likeness (QED) is 0.567. The first kappa shape index (κ1) is 8.97. The summed E-state index contributed by atoms with van der Waals surface area (Å²) in [5, 5.41) is 5.49. The Hall–Kier alpha value is -0.120. The molecular weight excluding hydrogens is 138 g/mol. The minimum absolute atomic E-state index is 0.596. The van der Waals surface area contributed by atoms with Crippen LogP contribution >= 0.6 is 0 Å². The molecule has 0 aliphatic carbocycles. The summed E-state index contributed by atoms with van der Waals surface area (Å²) in [5.74, 6) is 5.76. The lowest BCUT2D eigenvalue weighted by molar-refractivity contribution is 0.157. The maximum absolute atomic E-state index is 5.76. The molecule has 1 rings (SSSR count). The first-order chi connectivity index (χ1) is 5.26. The van der Waals surface area contributed by atoms with Crippen LogP contribution in [0.3, 0.4) is 0 Å². The van der Waals surface area contributed by atoms with Gasteiger partial charge in [-0.3, -0.25) is 5.84 Å². The number of nitrogens with zero attached hydrogens (tertiary/aromatic N) is 1.